The van der Waals surface area contributed by atoms with E-state index in [9.17, 15) is 14.3 Å². The highest BCUT2D eigenvalue weighted by atomic mass is 35.5. The van der Waals surface area contributed by atoms with E-state index in [-0.39, 0.29) is 12.6 Å². The molecule has 3 heterocycles. The Kier molecular flexibility index (Phi) is 5.33. The maximum atomic E-state index is 14.0. The van der Waals surface area contributed by atoms with Gasteiger partial charge >= 0.3 is 0 Å². The van der Waals surface area contributed by atoms with Gasteiger partial charge in [0.05, 0.1) is 46.5 Å². The number of rotatable bonds is 7. The van der Waals surface area contributed by atoms with Crippen LogP contribution in [0.25, 0.3) is 17.0 Å². The molecule has 3 aromatic heterocycles. The van der Waals surface area contributed by atoms with Gasteiger partial charge in [-0.15, -0.1) is 0 Å². The number of alkyl halides is 1. The summed E-state index contributed by atoms with van der Waals surface area (Å²) in [6, 6.07) is 3.74. The number of anilines is 1. The number of carbonyl (C=O) groups excluding carboxylic acids is 1. The van der Waals surface area contributed by atoms with Gasteiger partial charge in [-0.2, -0.15) is 5.10 Å². The van der Waals surface area contributed by atoms with Gasteiger partial charge in [0.25, 0.3) is 5.91 Å². The predicted molar refractivity (Wildman–Crippen MR) is 111 cm³/mol. The van der Waals surface area contributed by atoms with E-state index in [1.165, 1.54) is 26.2 Å². The van der Waals surface area contributed by atoms with Crippen molar-refractivity contribution >= 4 is 28.8 Å². The molecular weight excluding hydrogens is 411 g/mol. The molecule has 3 aromatic rings. The summed E-state index contributed by atoms with van der Waals surface area (Å²) < 4.78 is 15.6. The van der Waals surface area contributed by atoms with Gasteiger partial charge in [-0.05, 0) is 32.8 Å². The number of halogens is 2. The molecule has 1 aliphatic carbocycles. The van der Waals surface area contributed by atoms with Crippen LogP contribution >= 0.6 is 11.6 Å². The summed E-state index contributed by atoms with van der Waals surface area (Å²) in [5, 5.41) is 20.3. The molecule has 8 nitrogen and oxygen atoms in total. The molecule has 0 aromatic carbocycles. The first kappa shape index (κ1) is 20.5. The summed E-state index contributed by atoms with van der Waals surface area (Å²) in [5.41, 5.74) is 1.18. The summed E-state index contributed by atoms with van der Waals surface area (Å²) >= 11 is 5.97. The summed E-state index contributed by atoms with van der Waals surface area (Å²) in [6.45, 7) is 2.42. The quantitative estimate of drug-likeness (QED) is 0.530. The zero-order chi connectivity index (χ0) is 21.5. The third-order valence-electron chi connectivity index (χ3n) is 4.88. The molecule has 0 unspecified atom stereocenters. The molecule has 4 rings (SSSR count). The molecule has 0 spiro atoms. The number of pyridine rings is 1. The summed E-state index contributed by atoms with van der Waals surface area (Å²) in [7, 11) is 0. The Morgan fingerprint density at radius 1 is 1.33 bits per heavy atom. The van der Waals surface area contributed by atoms with Crippen molar-refractivity contribution in [2.75, 3.05) is 11.9 Å². The summed E-state index contributed by atoms with van der Waals surface area (Å²) in [5.74, 6) is -0.466. The minimum Gasteiger partial charge on any atom is -0.387 e. The lowest BCUT2D eigenvalue weighted by molar-refractivity contribution is -0.00177. The monoisotopic (exact) mass is 432 g/mol. The van der Waals surface area contributed by atoms with Crippen molar-refractivity contribution in [2.45, 2.75) is 44.5 Å². The van der Waals surface area contributed by atoms with E-state index in [1.807, 2.05) is 0 Å². The second kappa shape index (κ2) is 7.81. The minimum atomic E-state index is -1.59. The topological polar surface area (TPSA) is 104 Å². The van der Waals surface area contributed by atoms with Gasteiger partial charge in [0.1, 0.15) is 11.9 Å². The molecule has 1 fully saturated rings. The van der Waals surface area contributed by atoms with Crippen LogP contribution in [0.15, 0.2) is 30.7 Å². The Morgan fingerprint density at radius 2 is 2.10 bits per heavy atom. The molecular formula is C20H22ClFN6O2. The molecule has 0 bridgehead atoms. The number of nitrogens with one attached hydrogen (secondary N) is 2. The lowest BCUT2D eigenvalue weighted by Gasteiger charge is -2.22. The molecule has 0 aliphatic heterocycles. The molecule has 1 aliphatic rings. The lowest BCUT2D eigenvalue weighted by atomic mass is 10.0. The Morgan fingerprint density at radius 3 is 2.80 bits per heavy atom. The van der Waals surface area contributed by atoms with E-state index < -0.39 is 17.7 Å². The van der Waals surface area contributed by atoms with Crippen LogP contribution in [0.2, 0.25) is 5.02 Å². The first-order valence-corrected chi connectivity index (χ1v) is 10.0. The van der Waals surface area contributed by atoms with Gasteiger partial charge < -0.3 is 15.7 Å². The van der Waals surface area contributed by atoms with E-state index in [0.717, 1.165) is 12.8 Å². The first-order chi connectivity index (χ1) is 14.2. The van der Waals surface area contributed by atoms with Crippen molar-refractivity contribution in [3.8, 4) is 11.4 Å². The highest BCUT2D eigenvalue weighted by molar-refractivity contribution is 6.30. The molecule has 158 valence electrons. The third kappa shape index (κ3) is 4.36. The van der Waals surface area contributed by atoms with Gasteiger partial charge in [-0.1, -0.05) is 11.6 Å². The van der Waals surface area contributed by atoms with E-state index in [1.54, 1.807) is 22.8 Å². The van der Waals surface area contributed by atoms with Gasteiger partial charge in [-0.25, -0.2) is 13.9 Å². The zero-order valence-electron chi connectivity index (χ0n) is 16.6. The Hall–Kier alpha value is -2.78. The van der Waals surface area contributed by atoms with Crippen molar-refractivity contribution in [1.82, 2.24) is 24.9 Å². The van der Waals surface area contributed by atoms with Crippen LogP contribution < -0.4 is 10.6 Å². The van der Waals surface area contributed by atoms with Crippen LogP contribution in [0.3, 0.4) is 0 Å². The van der Waals surface area contributed by atoms with Gasteiger partial charge in [-0.3, -0.25) is 9.78 Å². The summed E-state index contributed by atoms with van der Waals surface area (Å²) in [6.07, 6.45) is 5.03. The highest BCUT2D eigenvalue weighted by Crippen LogP contribution is 2.30. The van der Waals surface area contributed by atoms with Crippen LogP contribution in [0, 0.1) is 0 Å². The smallest absolute Gasteiger partial charge is 0.255 e. The number of carbonyl (C=O) groups is 1. The first-order valence-electron chi connectivity index (χ1n) is 9.63. The van der Waals surface area contributed by atoms with Crippen LogP contribution in [-0.4, -0.2) is 55.0 Å². The van der Waals surface area contributed by atoms with Gasteiger partial charge in [0, 0.05) is 18.3 Å². The number of nitrogens with zero attached hydrogens (tertiary/aromatic N) is 4. The number of amides is 1. The van der Waals surface area contributed by atoms with Crippen molar-refractivity contribution in [2.24, 2.45) is 0 Å². The van der Waals surface area contributed by atoms with Crippen LogP contribution in [0.5, 0.6) is 0 Å². The number of fused-ring (bicyclic) bond motifs is 1. The van der Waals surface area contributed by atoms with E-state index in [0.29, 0.717) is 33.3 Å². The van der Waals surface area contributed by atoms with E-state index in [2.05, 4.69) is 25.7 Å². The van der Waals surface area contributed by atoms with Crippen molar-refractivity contribution < 1.29 is 14.3 Å². The fourth-order valence-corrected chi connectivity index (χ4v) is 3.04. The number of hydrogen-bond acceptors (Lipinski definition) is 6. The normalized spacial score (nSPS) is 15.2. The van der Waals surface area contributed by atoms with Crippen molar-refractivity contribution in [1.29, 1.82) is 0 Å². The molecule has 0 saturated heterocycles. The molecule has 10 heteroatoms. The average Bonchev–Trinajstić information content (AvgIpc) is 3.41. The fraction of sp³-hybridized carbons (Fsp3) is 0.400. The lowest BCUT2D eigenvalue weighted by Crippen LogP contribution is -2.42. The van der Waals surface area contributed by atoms with Crippen LogP contribution in [0.1, 0.15) is 37.0 Å². The van der Waals surface area contributed by atoms with Crippen LogP contribution in [0.4, 0.5) is 10.1 Å². The fourth-order valence-electron chi connectivity index (χ4n) is 2.90. The summed E-state index contributed by atoms with van der Waals surface area (Å²) in [4.78, 5) is 21.4. The molecule has 30 heavy (non-hydrogen) atoms. The predicted octanol–water partition coefficient (Wildman–Crippen LogP) is 2.86. The molecule has 1 amide bonds. The second-order valence-corrected chi connectivity index (χ2v) is 8.39. The number of aliphatic hydroxyl groups is 1. The largest absolute Gasteiger partial charge is 0.387 e. The molecule has 0 radical (unpaired) electrons. The van der Waals surface area contributed by atoms with E-state index in [4.69, 9.17) is 11.6 Å². The average molecular weight is 433 g/mol. The molecule has 1 atom stereocenters. The maximum absolute atomic E-state index is 14.0. The maximum Gasteiger partial charge on any atom is 0.255 e. The molecule has 3 N–H and O–H groups in total. The minimum absolute atomic E-state index is 0.288. The number of aromatic nitrogens is 4. The molecule has 1 saturated carbocycles. The zero-order valence-corrected chi connectivity index (χ0v) is 17.3. The van der Waals surface area contributed by atoms with Crippen molar-refractivity contribution in [3.05, 3.63) is 41.3 Å². The van der Waals surface area contributed by atoms with Crippen LogP contribution in [-0.2, 0) is 0 Å². The number of imidazole rings is 1. The van der Waals surface area contributed by atoms with Gasteiger partial charge in [0.15, 0.2) is 5.65 Å². The van der Waals surface area contributed by atoms with Crippen molar-refractivity contribution in [3.63, 3.8) is 0 Å². The van der Waals surface area contributed by atoms with Gasteiger partial charge in [0.2, 0.25) is 0 Å². The Bertz CT molecular complexity index is 1090. The number of hydrogen-bond donors (Lipinski definition) is 3. The Balaban J connectivity index is 1.62. The Labute approximate surface area is 177 Å². The highest BCUT2D eigenvalue weighted by Gasteiger charge is 2.28. The second-order valence-electron chi connectivity index (χ2n) is 7.95. The SMILES string of the molecule is CC(C)(O)[C@H](F)CNC(=O)c1cnc(-c2cnc3cc(Cl)cnn23)cc1NC1CC1. The standard InChI is InChI=1S/C20H22ClFN6O2/c1-20(2,30)17(22)10-25-19(29)13-8-23-15(6-14(13)27-12-3-4-12)16-9-24-18-5-11(21)7-26-28(16)18/h5-9,12,17,30H,3-4,10H2,1-2H3,(H,23,27)(H,25,29)/t17-/m1/s1. The third-order valence-corrected chi connectivity index (χ3v) is 5.09. The van der Waals surface area contributed by atoms with E-state index >= 15 is 0 Å².